The Balaban J connectivity index is 1.85. The zero-order valence-corrected chi connectivity index (χ0v) is 26.1. The summed E-state index contributed by atoms with van der Waals surface area (Å²) in [6.07, 6.45) is 3.28. The van der Waals surface area contributed by atoms with Crippen LogP contribution in [0.25, 0.3) is 11.3 Å². The van der Waals surface area contributed by atoms with Crippen LogP contribution in [0.5, 0.6) is 0 Å². The molecule has 8 nitrogen and oxygen atoms in total. The number of pyridine rings is 1. The van der Waals surface area contributed by atoms with Crippen LogP contribution in [0, 0.1) is 17.0 Å². The van der Waals surface area contributed by atoms with Gasteiger partial charge < -0.3 is 25.6 Å². The Morgan fingerprint density at radius 1 is 1.09 bits per heavy atom. The van der Waals surface area contributed by atoms with Gasteiger partial charge in [0.15, 0.2) is 0 Å². The molecule has 1 atom stereocenters. The molecule has 3 aromatic rings. The fourth-order valence-electron chi connectivity index (χ4n) is 4.63. The van der Waals surface area contributed by atoms with E-state index in [1.807, 2.05) is 0 Å². The molecule has 5 N–H and O–H groups in total. The highest BCUT2D eigenvalue weighted by Crippen LogP contribution is 2.41. The van der Waals surface area contributed by atoms with Gasteiger partial charge >= 0.3 is 6.55 Å². The van der Waals surface area contributed by atoms with Crippen molar-refractivity contribution >= 4 is 34.8 Å². The molecule has 0 unspecified atom stereocenters. The van der Waals surface area contributed by atoms with Crippen LogP contribution in [0.3, 0.4) is 0 Å². The predicted octanol–water partition coefficient (Wildman–Crippen LogP) is 6.10. The highest BCUT2D eigenvalue weighted by atomic mass is 35.5. The SMILES string of the molecule is COC1=CC(C(=O)NC[C@@](O)(c2ccccc2)c2cc(C(C)(C)O)c(Cl)c(-c3cc(Cl)c(F)cc3F)n2)=C/C(=C/NC(F)F)C1=N. The first-order chi connectivity index (χ1) is 21.6. The Morgan fingerprint density at radius 2 is 1.76 bits per heavy atom. The second-order valence-electron chi connectivity index (χ2n) is 10.7. The van der Waals surface area contributed by atoms with Gasteiger partial charge in [0.05, 0.1) is 40.7 Å². The summed E-state index contributed by atoms with van der Waals surface area (Å²) in [5, 5.41) is 35.2. The van der Waals surface area contributed by atoms with Gasteiger partial charge in [-0.2, -0.15) is 8.78 Å². The van der Waals surface area contributed by atoms with Crippen LogP contribution in [-0.4, -0.2) is 47.0 Å². The number of allylic oxidation sites excluding steroid dienone is 2. The topological polar surface area (TPSA) is 128 Å². The molecule has 242 valence electrons. The lowest BCUT2D eigenvalue weighted by atomic mass is 9.86. The Kier molecular flexibility index (Phi) is 10.3. The first-order valence-electron chi connectivity index (χ1n) is 13.5. The number of carbonyl (C=O) groups is 1. The van der Waals surface area contributed by atoms with Gasteiger partial charge in [-0.25, -0.2) is 13.8 Å². The highest BCUT2D eigenvalue weighted by molar-refractivity contribution is 6.34. The number of alkyl halides is 2. The summed E-state index contributed by atoms with van der Waals surface area (Å²) in [4.78, 5) is 17.9. The van der Waals surface area contributed by atoms with E-state index in [1.54, 1.807) is 35.6 Å². The van der Waals surface area contributed by atoms with Crippen LogP contribution in [0.2, 0.25) is 10.0 Å². The van der Waals surface area contributed by atoms with E-state index in [1.165, 1.54) is 39.2 Å². The van der Waals surface area contributed by atoms with Crippen molar-refractivity contribution in [2.24, 2.45) is 0 Å². The Hall–Kier alpha value is -4.23. The van der Waals surface area contributed by atoms with Crippen molar-refractivity contribution in [1.82, 2.24) is 15.6 Å². The van der Waals surface area contributed by atoms with Crippen LogP contribution in [0.4, 0.5) is 17.6 Å². The monoisotopic (exact) mass is 678 g/mol. The number of hydrogen-bond acceptors (Lipinski definition) is 7. The lowest BCUT2D eigenvalue weighted by Gasteiger charge is -2.31. The summed E-state index contributed by atoms with van der Waals surface area (Å²) in [6, 6.07) is 10.8. The number of ether oxygens (including phenoxy) is 1. The van der Waals surface area contributed by atoms with Gasteiger partial charge in [-0.15, -0.1) is 0 Å². The molecule has 2 aromatic carbocycles. The molecular weight excluding hydrogens is 651 g/mol. The molecule has 1 heterocycles. The normalized spacial score (nSPS) is 15.7. The summed E-state index contributed by atoms with van der Waals surface area (Å²) in [7, 11) is 1.24. The van der Waals surface area contributed by atoms with Crippen molar-refractivity contribution in [3.05, 3.63) is 122 Å². The second kappa shape index (κ2) is 13.6. The molecule has 1 aliphatic rings. The maximum absolute atomic E-state index is 15.1. The number of nitrogens with zero attached hydrogens (tertiary/aromatic N) is 1. The van der Waals surface area contributed by atoms with Gasteiger partial charge in [0, 0.05) is 34.5 Å². The third-order valence-corrected chi connectivity index (χ3v) is 7.71. The molecule has 14 heteroatoms. The summed E-state index contributed by atoms with van der Waals surface area (Å²) in [5.74, 6) is -2.95. The van der Waals surface area contributed by atoms with E-state index in [0.717, 1.165) is 12.3 Å². The first-order valence-corrected chi connectivity index (χ1v) is 14.3. The van der Waals surface area contributed by atoms with Crippen LogP contribution in [0.15, 0.2) is 83.8 Å². The number of nitrogens with one attached hydrogen (secondary N) is 3. The fraction of sp³-hybridized carbons (Fsp3) is 0.219. The number of aliphatic hydroxyl groups is 2. The third kappa shape index (κ3) is 7.26. The Bertz CT molecular complexity index is 1780. The van der Waals surface area contributed by atoms with E-state index in [0.29, 0.717) is 6.07 Å². The molecule has 46 heavy (non-hydrogen) atoms. The van der Waals surface area contributed by atoms with Crippen molar-refractivity contribution < 1.29 is 37.3 Å². The van der Waals surface area contributed by atoms with E-state index in [4.69, 9.17) is 33.3 Å². The molecule has 0 saturated heterocycles. The number of benzene rings is 2. The second-order valence-corrected chi connectivity index (χ2v) is 11.5. The molecule has 1 aromatic heterocycles. The van der Waals surface area contributed by atoms with Crippen molar-refractivity contribution in [2.75, 3.05) is 13.7 Å². The van der Waals surface area contributed by atoms with Gasteiger partial charge in [-0.05, 0) is 43.7 Å². The van der Waals surface area contributed by atoms with Crippen LogP contribution in [-0.2, 0) is 20.7 Å². The van der Waals surface area contributed by atoms with Crippen molar-refractivity contribution in [3.8, 4) is 11.3 Å². The molecule has 0 radical (unpaired) electrons. The molecule has 0 saturated carbocycles. The average molecular weight is 679 g/mol. The van der Waals surface area contributed by atoms with Crippen molar-refractivity contribution in [2.45, 2.75) is 31.6 Å². The molecule has 0 spiro atoms. The minimum atomic E-state index is -2.92. The highest BCUT2D eigenvalue weighted by Gasteiger charge is 2.37. The van der Waals surface area contributed by atoms with Crippen molar-refractivity contribution in [1.29, 1.82) is 5.41 Å². The van der Waals surface area contributed by atoms with E-state index in [-0.39, 0.29) is 55.7 Å². The maximum atomic E-state index is 15.1. The van der Waals surface area contributed by atoms with Crippen LogP contribution >= 0.6 is 23.2 Å². The molecule has 0 fully saturated rings. The Morgan fingerprint density at radius 3 is 2.37 bits per heavy atom. The van der Waals surface area contributed by atoms with Crippen LogP contribution in [0.1, 0.15) is 30.7 Å². The zero-order valence-electron chi connectivity index (χ0n) is 24.6. The lowest BCUT2D eigenvalue weighted by molar-refractivity contribution is -0.118. The summed E-state index contributed by atoms with van der Waals surface area (Å²) < 4.78 is 59.8. The number of aromatic nitrogens is 1. The molecule has 4 rings (SSSR count). The fourth-order valence-corrected chi connectivity index (χ4v) is 5.22. The smallest absolute Gasteiger partial charge is 0.312 e. The van der Waals surface area contributed by atoms with Gasteiger partial charge in [0.1, 0.15) is 28.7 Å². The zero-order chi connectivity index (χ0) is 34.0. The van der Waals surface area contributed by atoms with Gasteiger partial charge in [0.25, 0.3) is 5.91 Å². The summed E-state index contributed by atoms with van der Waals surface area (Å²) in [5.41, 5.74) is -4.71. The minimum absolute atomic E-state index is 0.0252. The lowest BCUT2D eigenvalue weighted by Crippen LogP contribution is -2.43. The van der Waals surface area contributed by atoms with Gasteiger partial charge in [0.2, 0.25) is 0 Å². The average Bonchev–Trinajstić information content (AvgIpc) is 3.01. The molecular formula is C32H28Cl2F4N4O4. The largest absolute Gasteiger partial charge is 0.494 e. The number of hydrogen-bond donors (Lipinski definition) is 5. The van der Waals surface area contributed by atoms with E-state index in [9.17, 15) is 28.2 Å². The number of amides is 1. The van der Waals surface area contributed by atoms with E-state index < -0.39 is 46.9 Å². The Labute approximate surface area is 271 Å². The quantitative estimate of drug-likeness (QED) is 0.100. The van der Waals surface area contributed by atoms with Crippen LogP contribution < -0.4 is 10.6 Å². The minimum Gasteiger partial charge on any atom is -0.494 e. The molecule has 0 aliphatic heterocycles. The molecule has 1 amide bonds. The summed E-state index contributed by atoms with van der Waals surface area (Å²) in [6.45, 7) is -0.671. The first kappa shape index (κ1) is 34.6. The summed E-state index contributed by atoms with van der Waals surface area (Å²) >= 11 is 12.6. The third-order valence-electron chi connectivity index (χ3n) is 7.04. The molecule has 1 aliphatic carbocycles. The maximum Gasteiger partial charge on any atom is 0.312 e. The number of rotatable bonds is 10. The van der Waals surface area contributed by atoms with Gasteiger partial charge in [-0.3, -0.25) is 10.2 Å². The van der Waals surface area contributed by atoms with Gasteiger partial charge in [-0.1, -0.05) is 53.5 Å². The molecule has 0 bridgehead atoms. The number of carbonyl (C=O) groups excluding carboxylic acids is 1. The van der Waals surface area contributed by atoms with E-state index >= 15 is 4.39 Å². The number of halogens is 6. The van der Waals surface area contributed by atoms with Crippen molar-refractivity contribution in [3.63, 3.8) is 0 Å². The van der Waals surface area contributed by atoms with E-state index in [2.05, 4.69) is 10.3 Å². The predicted molar refractivity (Wildman–Crippen MR) is 165 cm³/mol. The number of methoxy groups -OCH3 is 1. The standard InChI is InChI=1S/C32H28Cl2F4N4O4/c1-31(2,44)20-12-25(42-28(26(20)34)19-11-21(33)23(36)13-22(19)35)32(45,18-7-5-4-6-8-18)15-41-29(43)16-9-17(14-40-30(37)38)27(39)24(10-16)46-3/h4-14,30,39-40,44-45H,15H2,1-3H3,(H,41,43)/b17-14-,39-27?/t32-/m1/s1.